The highest BCUT2D eigenvalue weighted by Crippen LogP contribution is 2.20. The van der Waals surface area contributed by atoms with Crippen LogP contribution in [-0.2, 0) is 9.53 Å². The number of carbonyl (C=O) groups excluding carboxylic acids is 2. The van der Waals surface area contributed by atoms with E-state index in [-0.39, 0.29) is 11.7 Å². The molecule has 1 atom stereocenters. The molecule has 1 aromatic heterocycles. The lowest BCUT2D eigenvalue weighted by atomic mass is 9.88. The molecule has 0 saturated heterocycles. The van der Waals surface area contributed by atoms with Gasteiger partial charge in [0.1, 0.15) is 5.92 Å². The molecular formula is C12H14BrNO3. The number of ether oxygens (including phenoxy) is 1. The largest absolute Gasteiger partial charge is 0.468 e. The summed E-state index contributed by atoms with van der Waals surface area (Å²) in [5.74, 6) is -1.67. The molecule has 1 rings (SSSR count). The summed E-state index contributed by atoms with van der Waals surface area (Å²) in [5, 5.41) is 0. The van der Waals surface area contributed by atoms with Crippen molar-refractivity contribution in [3.8, 4) is 0 Å². The third-order valence-electron chi connectivity index (χ3n) is 2.39. The van der Waals surface area contributed by atoms with Crippen molar-refractivity contribution in [2.75, 3.05) is 7.11 Å². The van der Waals surface area contributed by atoms with Gasteiger partial charge in [-0.25, -0.2) is 0 Å². The normalized spacial score (nSPS) is 12.3. The van der Waals surface area contributed by atoms with Gasteiger partial charge in [-0.1, -0.05) is 13.8 Å². The standard InChI is InChI=1S/C12H14BrNO3/c1-7(2)10(12(16)17-3)11(15)8-4-9(13)6-14-5-8/h4-7,10H,1-3H3. The molecule has 0 aromatic carbocycles. The van der Waals surface area contributed by atoms with Crippen molar-refractivity contribution >= 4 is 27.7 Å². The first-order chi connectivity index (χ1) is 7.97. The van der Waals surface area contributed by atoms with Crippen LogP contribution >= 0.6 is 15.9 Å². The number of aromatic nitrogens is 1. The van der Waals surface area contributed by atoms with Crippen molar-refractivity contribution < 1.29 is 14.3 Å². The van der Waals surface area contributed by atoms with E-state index >= 15 is 0 Å². The zero-order chi connectivity index (χ0) is 13.0. The third kappa shape index (κ3) is 3.36. The summed E-state index contributed by atoms with van der Waals surface area (Å²) < 4.78 is 5.36. The first kappa shape index (κ1) is 13.8. The Balaban J connectivity index is 3.04. The first-order valence-electron chi connectivity index (χ1n) is 5.20. The van der Waals surface area contributed by atoms with Gasteiger partial charge < -0.3 is 4.74 Å². The van der Waals surface area contributed by atoms with E-state index < -0.39 is 11.9 Å². The van der Waals surface area contributed by atoms with E-state index in [1.807, 2.05) is 13.8 Å². The molecule has 0 aliphatic heterocycles. The number of carbonyl (C=O) groups is 2. The fourth-order valence-electron chi connectivity index (χ4n) is 1.54. The quantitative estimate of drug-likeness (QED) is 0.487. The number of rotatable bonds is 4. The Hall–Kier alpha value is -1.23. The molecule has 0 aliphatic rings. The van der Waals surface area contributed by atoms with Crippen LogP contribution in [0.5, 0.6) is 0 Å². The van der Waals surface area contributed by atoms with Gasteiger partial charge in [-0.3, -0.25) is 14.6 Å². The topological polar surface area (TPSA) is 56.3 Å². The van der Waals surface area contributed by atoms with Crippen LogP contribution in [0.2, 0.25) is 0 Å². The minimum atomic E-state index is -0.781. The van der Waals surface area contributed by atoms with Crippen molar-refractivity contribution in [1.82, 2.24) is 4.98 Å². The Morgan fingerprint density at radius 2 is 2.00 bits per heavy atom. The summed E-state index contributed by atoms with van der Waals surface area (Å²) in [6.45, 7) is 3.62. The number of ketones is 1. The molecular weight excluding hydrogens is 286 g/mol. The zero-order valence-electron chi connectivity index (χ0n) is 9.94. The summed E-state index contributed by atoms with van der Waals surface area (Å²) in [4.78, 5) is 27.7. The average molecular weight is 300 g/mol. The SMILES string of the molecule is COC(=O)C(C(=O)c1cncc(Br)c1)C(C)C. The van der Waals surface area contributed by atoms with Crippen LogP contribution in [-0.4, -0.2) is 23.8 Å². The van der Waals surface area contributed by atoms with Crippen molar-refractivity contribution in [1.29, 1.82) is 0 Å². The number of hydrogen-bond donors (Lipinski definition) is 0. The van der Waals surface area contributed by atoms with Gasteiger partial charge >= 0.3 is 5.97 Å². The van der Waals surface area contributed by atoms with Gasteiger partial charge in [-0.05, 0) is 27.9 Å². The molecule has 92 valence electrons. The maximum Gasteiger partial charge on any atom is 0.316 e. The fourth-order valence-corrected chi connectivity index (χ4v) is 1.90. The van der Waals surface area contributed by atoms with E-state index in [0.717, 1.165) is 0 Å². The maximum absolute atomic E-state index is 12.2. The lowest BCUT2D eigenvalue weighted by Crippen LogP contribution is -2.30. The molecule has 0 saturated carbocycles. The van der Waals surface area contributed by atoms with E-state index in [1.165, 1.54) is 13.3 Å². The Labute approximate surface area is 109 Å². The van der Waals surface area contributed by atoms with Gasteiger partial charge in [-0.2, -0.15) is 0 Å². The van der Waals surface area contributed by atoms with Crippen LogP contribution in [0.3, 0.4) is 0 Å². The number of halogens is 1. The van der Waals surface area contributed by atoms with E-state index in [4.69, 9.17) is 0 Å². The minimum absolute atomic E-state index is 0.117. The Kier molecular flexibility index (Phi) is 4.81. The highest BCUT2D eigenvalue weighted by atomic mass is 79.9. The van der Waals surface area contributed by atoms with E-state index in [1.54, 1.807) is 12.3 Å². The molecule has 1 heterocycles. The molecule has 1 aromatic rings. The molecule has 0 spiro atoms. The Morgan fingerprint density at radius 1 is 1.35 bits per heavy atom. The molecule has 17 heavy (non-hydrogen) atoms. The lowest BCUT2D eigenvalue weighted by molar-refractivity contribution is -0.144. The molecule has 4 nitrogen and oxygen atoms in total. The summed E-state index contributed by atoms with van der Waals surface area (Å²) in [6, 6.07) is 1.65. The predicted molar refractivity (Wildman–Crippen MR) is 66.6 cm³/mol. The van der Waals surface area contributed by atoms with Gasteiger partial charge in [-0.15, -0.1) is 0 Å². The molecule has 0 fully saturated rings. The predicted octanol–water partition coefficient (Wildman–Crippen LogP) is 2.47. The highest BCUT2D eigenvalue weighted by Gasteiger charge is 2.31. The number of esters is 1. The first-order valence-corrected chi connectivity index (χ1v) is 5.99. The molecule has 5 heteroatoms. The molecule has 0 N–H and O–H groups in total. The van der Waals surface area contributed by atoms with Crippen molar-refractivity contribution in [2.24, 2.45) is 11.8 Å². The zero-order valence-corrected chi connectivity index (χ0v) is 11.5. The third-order valence-corrected chi connectivity index (χ3v) is 2.83. The fraction of sp³-hybridized carbons (Fsp3) is 0.417. The van der Waals surface area contributed by atoms with Gasteiger partial charge in [0.25, 0.3) is 0 Å². The number of Topliss-reactive ketones (excluding diaryl/α,β-unsaturated/α-hetero) is 1. The monoisotopic (exact) mass is 299 g/mol. The van der Waals surface area contributed by atoms with Gasteiger partial charge in [0, 0.05) is 22.4 Å². The average Bonchev–Trinajstić information content (AvgIpc) is 2.28. The minimum Gasteiger partial charge on any atom is -0.468 e. The highest BCUT2D eigenvalue weighted by molar-refractivity contribution is 9.10. The van der Waals surface area contributed by atoms with Gasteiger partial charge in [0.05, 0.1) is 7.11 Å². The van der Waals surface area contributed by atoms with Crippen molar-refractivity contribution in [2.45, 2.75) is 13.8 Å². The molecule has 1 unspecified atom stereocenters. The summed E-state index contributed by atoms with van der Waals surface area (Å²) in [7, 11) is 1.28. The van der Waals surface area contributed by atoms with Crippen LogP contribution in [0.1, 0.15) is 24.2 Å². The van der Waals surface area contributed by atoms with Crippen LogP contribution in [0.25, 0.3) is 0 Å². The van der Waals surface area contributed by atoms with Crippen LogP contribution in [0, 0.1) is 11.8 Å². The number of hydrogen-bond acceptors (Lipinski definition) is 4. The second kappa shape index (κ2) is 5.91. The van der Waals surface area contributed by atoms with E-state index in [9.17, 15) is 9.59 Å². The van der Waals surface area contributed by atoms with Crippen LogP contribution in [0.15, 0.2) is 22.9 Å². The summed E-state index contributed by atoms with van der Waals surface area (Å²) >= 11 is 3.24. The maximum atomic E-state index is 12.2. The lowest BCUT2D eigenvalue weighted by Gasteiger charge is -2.16. The van der Waals surface area contributed by atoms with Gasteiger partial charge in [0.15, 0.2) is 5.78 Å². The van der Waals surface area contributed by atoms with E-state index in [0.29, 0.717) is 10.0 Å². The van der Waals surface area contributed by atoms with Crippen molar-refractivity contribution in [3.05, 3.63) is 28.5 Å². The number of nitrogens with zero attached hydrogens (tertiary/aromatic N) is 1. The summed E-state index contributed by atoms with van der Waals surface area (Å²) in [6.07, 6.45) is 3.03. The molecule has 0 amide bonds. The van der Waals surface area contributed by atoms with E-state index in [2.05, 4.69) is 25.7 Å². The Bertz CT molecular complexity index is 432. The second-order valence-corrected chi connectivity index (χ2v) is 4.92. The number of pyridine rings is 1. The van der Waals surface area contributed by atoms with Crippen LogP contribution < -0.4 is 0 Å². The summed E-state index contributed by atoms with van der Waals surface area (Å²) in [5.41, 5.74) is 0.406. The van der Waals surface area contributed by atoms with Crippen molar-refractivity contribution in [3.63, 3.8) is 0 Å². The molecule has 0 aliphatic carbocycles. The van der Waals surface area contributed by atoms with Crippen LogP contribution in [0.4, 0.5) is 0 Å². The Morgan fingerprint density at radius 3 is 2.47 bits per heavy atom. The van der Waals surface area contributed by atoms with Gasteiger partial charge in [0.2, 0.25) is 0 Å². The molecule has 0 radical (unpaired) electrons. The number of methoxy groups -OCH3 is 1. The second-order valence-electron chi connectivity index (χ2n) is 4.00. The smallest absolute Gasteiger partial charge is 0.316 e. The molecule has 0 bridgehead atoms.